The van der Waals surface area contributed by atoms with Crippen LogP contribution >= 0.6 is 22.6 Å². The first-order valence-electron chi connectivity index (χ1n) is 4.97. The van der Waals surface area contributed by atoms with E-state index in [4.69, 9.17) is 10.8 Å². The average Bonchev–Trinajstić information content (AvgIpc) is 2.27. The van der Waals surface area contributed by atoms with Crippen molar-refractivity contribution in [3.8, 4) is 11.5 Å². The lowest BCUT2D eigenvalue weighted by Gasteiger charge is -2.09. The number of fused-ring (bicyclic) bond motifs is 1. The number of rotatable bonds is 2. The molecule has 0 saturated carbocycles. The van der Waals surface area contributed by atoms with Crippen molar-refractivity contribution in [1.82, 2.24) is 0 Å². The standard InChI is InChI=1S/C12H11IO2/c1-14-11-6-8-3-4-10(13)5-9(8)7-12(11)15-2/h3-7H,1-2H3/i3D. The van der Waals surface area contributed by atoms with Gasteiger partial charge in [0.25, 0.3) is 0 Å². The summed E-state index contributed by atoms with van der Waals surface area (Å²) in [5.41, 5.74) is 0. The van der Waals surface area contributed by atoms with E-state index in [1.165, 1.54) is 0 Å². The predicted octanol–water partition coefficient (Wildman–Crippen LogP) is 3.46. The summed E-state index contributed by atoms with van der Waals surface area (Å²) in [4.78, 5) is 0. The predicted molar refractivity (Wildman–Crippen MR) is 69.8 cm³/mol. The lowest BCUT2D eigenvalue weighted by atomic mass is 10.1. The van der Waals surface area contributed by atoms with Crippen molar-refractivity contribution in [2.24, 2.45) is 0 Å². The largest absolute Gasteiger partial charge is 0.493 e. The molecule has 0 aromatic heterocycles. The molecule has 0 aliphatic rings. The van der Waals surface area contributed by atoms with Gasteiger partial charge in [0.2, 0.25) is 0 Å². The van der Waals surface area contributed by atoms with Crippen LogP contribution in [0.4, 0.5) is 0 Å². The van der Waals surface area contributed by atoms with E-state index in [0.29, 0.717) is 17.5 Å². The minimum absolute atomic E-state index is 0.503. The Morgan fingerprint density at radius 2 is 1.67 bits per heavy atom. The van der Waals surface area contributed by atoms with Gasteiger partial charge in [-0.25, -0.2) is 0 Å². The number of methoxy groups -OCH3 is 2. The van der Waals surface area contributed by atoms with E-state index in [1.807, 2.05) is 24.3 Å². The van der Waals surface area contributed by atoms with E-state index in [0.717, 1.165) is 14.3 Å². The van der Waals surface area contributed by atoms with Gasteiger partial charge in [-0.15, -0.1) is 0 Å². The Bertz CT molecular complexity index is 540. The molecular weight excluding hydrogens is 303 g/mol. The van der Waals surface area contributed by atoms with Gasteiger partial charge in [0.1, 0.15) is 0 Å². The highest BCUT2D eigenvalue weighted by Gasteiger charge is 2.05. The molecule has 0 bridgehead atoms. The summed E-state index contributed by atoms with van der Waals surface area (Å²) < 4.78 is 19.4. The quantitative estimate of drug-likeness (QED) is 0.790. The number of ether oxygens (including phenoxy) is 2. The Morgan fingerprint density at radius 3 is 2.27 bits per heavy atom. The maximum atomic E-state index is 7.90. The molecule has 0 N–H and O–H groups in total. The summed E-state index contributed by atoms with van der Waals surface area (Å²) in [5.74, 6) is 1.35. The molecule has 0 saturated heterocycles. The van der Waals surface area contributed by atoms with Crippen LogP contribution in [0.3, 0.4) is 0 Å². The van der Waals surface area contributed by atoms with Crippen LogP contribution < -0.4 is 9.47 Å². The number of benzene rings is 2. The third-order valence-corrected chi connectivity index (χ3v) is 2.84. The molecule has 2 nitrogen and oxygen atoms in total. The van der Waals surface area contributed by atoms with Gasteiger partial charge in [-0.05, 0) is 57.6 Å². The van der Waals surface area contributed by atoms with Crippen molar-refractivity contribution in [3.63, 3.8) is 0 Å². The molecule has 0 aliphatic carbocycles. The second-order valence-corrected chi connectivity index (χ2v) is 4.36. The van der Waals surface area contributed by atoms with E-state index < -0.39 is 0 Å². The van der Waals surface area contributed by atoms with Gasteiger partial charge in [-0.2, -0.15) is 0 Å². The monoisotopic (exact) mass is 315 g/mol. The van der Waals surface area contributed by atoms with Crippen LogP contribution in [-0.2, 0) is 0 Å². The van der Waals surface area contributed by atoms with E-state index in [1.54, 1.807) is 14.2 Å². The van der Waals surface area contributed by atoms with Gasteiger partial charge < -0.3 is 9.47 Å². The second kappa shape index (κ2) is 4.26. The number of hydrogen-bond donors (Lipinski definition) is 0. The summed E-state index contributed by atoms with van der Waals surface area (Å²) >= 11 is 2.20. The summed E-state index contributed by atoms with van der Waals surface area (Å²) in [6.07, 6.45) is 0. The Morgan fingerprint density at radius 1 is 1.07 bits per heavy atom. The minimum Gasteiger partial charge on any atom is -0.493 e. The molecule has 0 fully saturated rings. The fourth-order valence-electron chi connectivity index (χ4n) is 1.48. The first kappa shape index (κ1) is 9.27. The zero-order chi connectivity index (χ0) is 11.7. The highest BCUT2D eigenvalue weighted by molar-refractivity contribution is 14.1. The first-order valence-corrected chi connectivity index (χ1v) is 5.55. The molecule has 78 valence electrons. The average molecular weight is 315 g/mol. The Kier molecular flexibility index (Phi) is 2.64. The van der Waals surface area contributed by atoms with Crippen molar-refractivity contribution in [1.29, 1.82) is 0 Å². The fraction of sp³-hybridized carbons (Fsp3) is 0.167. The topological polar surface area (TPSA) is 18.5 Å². The minimum atomic E-state index is 0.503. The normalized spacial score (nSPS) is 11.3. The summed E-state index contributed by atoms with van der Waals surface area (Å²) in [6.45, 7) is 0. The molecule has 0 atom stereocenters. The molecule has 0 aliphatic heterocycles. The maximum absolute atomic E-state index is 7.90. The SMILES string of the molecule is [2H]c1cc(I)cc2cc(OC)c(OC)cc12. The lowest BCUT2D eigenvalue weighted by Crippen LogP contribution is -1.90. The second-order valence-electron chi connectivity index (χ2n) is 3.11. The molecule has 0 spiro atoms. The van der Waals surface area contributed by atoms with Gasteiger partial charge in [0.05, 0.1) is 15.6 Å². The van der Waals surface area contributed by atoms with Crippen molar-refractivity contribution < 1.29 is 10.8 Å². The lowest BCUT2D eigenvalue weighted by molar-refractivity contribution is 0.356. The number of hydrogen-bond acceptors (Lipinski definition) is 2. The zero-order valence-corrected chi connectivity index (χ0v) is 10.7. The van der Waals surface area contributed by atoms with E-state index in [2.05, 4.69) is 22.6 Å². The molecular formula is C12H11IO2. The van der Waals surface area contributed by atoms with E-state index >= 15 is 0 Å². The molecule has 0 radical (unpaired) electrons. The Labute approximate surface area is 104 Å². The molecule has 2 aromatic rings. The molecule has 2 rings (SSSR count). The number of halogens is 1. The maximum Gasteiger partial charge on any atom is 0.161 e. The fourth-order valence-corrected chi connectivity index (χ4v) is 1.97. The molecule has 2 aromatic carbocycles. The van der Waals surface area contributed by atoms with Crippen LogP contribution in [0.5, 0.6) is 11.5 Å². The van der Waals surface area contributed by atoms with Crippen LogP contribution in [0.15, 0.2) is 30.3 Å². The van der Waals surface area contributed by atoms with E-state index in [-0.39, 0.29) is 0 Å². The van der Waals surface area contributed by atoms with Crippen molar-refractivity contribution in [2.45, 2.75) is 0 Å². The zero-order valence-electron chi connectivity index (χ0n) is 9.50. The van der Waals surface area contributed by atoms with Gasteiger partial charge >= 0.3 is 0 Å². The van der Waals surface area contributed by atoms with Crippen LogP contribution in [-0.4, -0.2) is 14.2 Å². The first-order chi connectivity index (χ1) is 7.65. The highest BCUT2D eigenvalue weighted by atomic mass is 127. The third-order valence-electron chi connectivity index (χ3n) is 2.21. The van der Waals surface area contributed by atoms with Gasteiger partial charge in [-0.3, -0.25) is 0 Å². The van der Waals surface area contributed by atoms with Crippen LogP contribution in [0.2, 0.25) is 0 Å². The van der Waals surface area contributed by atoms with E-state index in [9.17, 15) is 0 Å². The molecule has 0 amide bonds. The van der Waals surface area contributed by atoms with Gasteiger partial charge in [-0.1, -0.05) is 6.04 Å². The molecule has 15 heavy (non-hydrogen) atoms. The van der Waals surface area contributed by atoms with Crippen LogP contribution in [0, 0.1) is 3.57 Å². The Balaban J connectivity index is 2.78. The van der Waals surface area contributed by atoms with Crippen molar-refractivity contribution in [3.05, 3.63) is 33.9 Å². The van der Waals surface area contributed by atoms with Crippen LogP contribution in [0.1, 0.15) is 1.37 Å². The van der Waals surface area contributed by atoms with Gasteiger partial charge in [0.15, 0.2) is 11.5 Å². The summed E-state index contributed by atoms with van der Waals surface area (Å²) in [6, 6.07) is 8.09. The highest BCUT2D eigenvalue weighted by Crippen LogP contribution is 2.32. The smallest absolute Gasteiger partial charge is 0.161 e. The van der Waals surface area contributed by atoms with Crippen molar-refractivity contribution in [2.75, 3.05) is 14.2 Å². The molecule has 0 unspecified atom stereocenters. The molecule has 3 heteroatoms. The van der Waals surface area contributed by atoms with Crippen LogP contribution in [0.25, 0.3) is 10.8 Å². The summed E-state index contributed by atoms with van der Waals surface area (Å²) in [5, 5.41) is 1.87. The molecule has 0 heterocycles. The van der Waals surface area contributed by atoms with Gasteiger partial charge in [0, 0.05) is 3.57 Å². The Hall–Kier alpha value is -0.970. The van der Waals surface area contributed by atoms with Crippen molar-refractivity contribution >= 4 is 33.4 Å². The summed E-state index contributed by atoms with van der Waals surface area (Å²) in [7, 11) is 3.21. The third kappa shape index (κ3) is 2.02.